The Bertz CT molecular complexity index is 774. The monoisotopic (exact) mass is 384 g/mol. The first-order valence-electron chi connectivity index (χ1n) is 9.09. The number of carbonyl (C=O) groups is 2. The molecule has 1 aromatic carbocycles. The Morgan fingerprint density at radius 1 is 1.18 bits per heavy atom. The minimum atomic E-state index is -1.85. The molecule has 0 unspecified atom stereocenters. The molecule has 4 N–H and O–H groups in total. The van der Waals surface area contributed by atoms with E-state index in [1.165, 1.54) is 18.6 Å². The first-order valence-corrected chi connectivity index (χ1v) is 9.09. The zero-order valence-electron chi connectivity index (χ0n) is 16.0. The van der Waals surface area contributed by atoms with E-state index >= 15 is 0 Å². The maximum atomic E-state index is 13.2. The summed E-state index contributed by atoms with van der Waals surface area (Å²) in [5, 5.41) is 20.0. The van der Waals surface area contributed by atoms with Crippen LogP contribution in [0.2, 0.25) is 0 Å². The second-order valence-electron chi connectivity index (χ2n) is 7.02. The van der Waals surface area contributed by atoms with Gasteiger partial charge in [-0.3, -0.25) is 14.6 Å². The Kier molecular flexibility index (Phi) is 7.65. The Morgan fingerprint density at radius 2 is 1.86 bits per heavy atom. The van der Waals surface area contributed by atoms with Crippen LogP contribution >= 0.6 is 0 Å². The molecule has 8 nitrogen and oxygen atoms in total. The van der Waals surface area contributed by atoms with E-state index in [9.17, 15) is 19.6 Å². The molecule has 2 aromatic rings. The second-order valence-corrected chi connectivity index (χ2v) is 7.02. The maximum absolute atomic E-state index is 13.2. The minimum absolute atomic E-state index is 0.00350. The molecule has 0 aliphatic carbocycles. The fourth-order valence-electron chi connectivity index (χ4n) is 3.10. The number of rotatable bonds is 9. The van der Waals surface area contributed by atoms with Crippen molar-refractivity contribution in [3.05, 3.63) is 60.2 Å². The van der Waals surface area contributed by atoms with Crippen molar-refractivity contribution in [2.45, 2.75) is 38.7 Å². The van der Waals surface area contributed by atoms with Gasteiger partial charge in [-0.25, -0.2) is 4.98 Å². The average Bonchev–Trinajstić information content (AvgIpc) is 2.67. The van der Waals surface area contributed by atoms with Crippen LogP contribution < -0.4 is 5.73 Å². The first-order chi connectivity index (χ1) is 13.3. The lowest BCUT2D eigenvalue weighted by Crippen LogP contribution is -2.59. The van der Waals surface area contributed by atoms with Gasteiger partial charge in [0.2, 0.25) is 5.91 Å². The van der Waals surface area contributed by atoms with Crippen LogP contribution in [0.3, 0.4) is 0 Å². The quantitative estimate of drug-likeness (QED) is 0.538. The van der Waals surface area contributed by atoms with Crippen LogP contribution in [0.25, 0.3) is 0 Å². The van der Waals surface area contributed by atoms with Crippen molar-refractivity contribution in [2.24, 2.45) is 11.7 Å². The second kappa shape index (κ2) is 9.96. The van der Waals surface area contributed by atoms with E-state index in [2.05, 4.69) is 9.97 Å². The summed E-state index contributed by atoms with van der Waals surface area (Å²) in [7, 11) is -1.85. The van der Waals surface area contributed by atoms with Crippen LogP contribution in [0.1, 0.15) is 36.3 Å². The van der Waals surface area contributed by atoms with E-state index in [1.807, 2.05) is 44.2 Å². The number of aromatic nitrogens is 2. The molecule has 1 heterocycles. The van der Waals surface area contributed by atoms with Crippen molar-refractivity contribution in [1.29, 1.82) is 0 Å². The number of nitrogens with two attached hydrogens (primary N) is 1. The molecule has 0 spiro atoms. The van der Waals surface area contributed by atoms with Gasteiger partial charge in [-0.2, -0.15) is 0 Å². The fourth-order valence-corrected chi connectivity index (χ4v) is 3.10. The highest BCUT2D eigenvalue weighted by atomic mass is 16.4. The molecule has 28 heavy (non-hydrogen) atoms. The first kappa shape index (κ1) is 21.5. The normalized spacial score (nSPS) is 13.0. The molecule has 148 valence electrons. The SMILES string of the molecule is CC(C)C[C@@H](B(O)O)N(C(=O)c1cnccn1)[C@@H](Cc1ccccc1)C(N)=O. The Hall–Kier alpha value is -2.78. The molecule has 0 saturated carbocycles. The van der Waals surface area contributed by atoms with Gasteiger partial charge < -0.3 is 20.7 Å². The number of benzene rings is 1. The third-order valence-electron chi connectivity index (χ3n) is 4.37. The molecule has 0 radical (unpaired) electrons. The number of amides is 2. The van der Waals surface area contributed by atoms with E-state index < -0.39 is 30.9 Å². The van der Waals surface area contributed by atoms with E-state index in [-0.39, 0.29) is 24.5 Å². The van der Waals surface area contributed by atoms with E-state index in [1.54, 1.807) is 0 Å². The van der Waals surface area contributed by atoms with Crippen molar-refractivity contribution < 1.29 is 19.6 Å². The zero-order valence-corrected chi connectivity index (χ0v) is 16.0. The number of hydrogen-bond acceptors (Lipinski definition) is 6. The van der Waals surface area contributed by atoms with Crippen molar-refractivity contribution >= 4 is 18.9 Å². The van der Waals surface area contributed by atoms with Crippen molar-refractivity contribution in [1.82, 2.24) is 14.9 Å². The van der Waals surface area contributed by atoms with Crippen LogP contribution in [0.4, 0.5) is 0 Å². The van der Waals surface area contributed by atoms with Gasteiger partial charge in [0.05, 0.1) is 12.1 Å². The Balaban J connectivity index is 2.49. The molecule has 0 aliphatic heterocycles. The smallest absolute Gasteiger partial charge is 0.426 e. The Labute approximate surface area is 164 Å². The third kappa shape index (κ3) is 5.61. The van der Waals surface area contributed by atoms with Crippen LogP contribution in [0.5, 0.6) is 0 Å². The summed E-state index contributed by atoms with van der Waals surface area (Å²) in [5.74, 6) is -2.37. The fraction of sp³-hybridized carbons (Fsp3) is 0.368. The lowest BCUT2D eigenvalue weighted by atomic mass is 9.73. The van der Waals surface area contributed by atoms with Gasteiger partial charge in [0.25, 0.3) is 5.91 Å². The van der Waals surface area contributed by atoms with Gasteiger partial charge >= 0.3 is 7.12 Å². The lowest BCUT2D eigenvalue weighted by Gasteiger charge is -2.37. The third-order valence-corrected chi connectivity index (χ3v) is 4.37. The number of primary amides is 1. The van der Waals surface area contributed by atoms with Gasteiger partial charge in [0.1, 0.15) is 11.7 Å². The van der Waals surface area contributed by atoms with Gasteiger partial charge in [-0.05, 0) is 17.9 Å². The lowest BCUT2D eigenvalue weighted by molar-refractivity contribution is -0.122. The standard InChI is InChI=1S/C19H25BN4O4/c1-13(2)10-17(20(27)28)24(19(26)15-12-22-8-9-23-15)16(18(21)25)11-14-6-4-3-5-7-14/h3-9,12-13,16-17,27-28H,10-11H2,1-2H3,(H2,21,25)/t16-,17-/m0/s1. The highest BCUT2D eigenvalue weighted by molar-refractivity contribution is 6.43. The van der Waals surface area contributed by atoms with Gasteiger partial charge in [0.15, 0.2) is 0 Å². The summed E-state index contributed by atoms with van der Waals surface area (Å²) in [4.78, 5) is 34.6. The van der Waals surface area contributed by atoms with E-state index in [0.29, 0.717) is 0 Å². The molecule has 0 bridgehead atoms. The highest BCUT2D eigenvalue weighted by Gasteiger charge is 2.41. The van der Waals surface area contributed by atoms with Crippen LogP contribution in [-0.4, -0.2) is 55.8 Å². The van der Waals surface area contributed by atoms with Crippen LogP contribution in [0.15, 0.2) is 48.9 Å². The molecule has 0 saturated heterocycles. The predicted molar refractivity (Wildman–Crippen MR) is 105 cm³/mol. The molecule has 2 amide bonds. The van der Waals surface area contributed by atoms with Gasteiger partial charge in [0, 0.05) is 18.8 Å². The summed E-state index contributed by atoms with van der Waals surface area (Å²) >= 11 is 0. The molecular weight excluding hydrogens is 359 g/mol. The largest absolute Gasteiger partial charge is 0.475 e. The molecule has 1 aromatic heterocycles. The van der Waals surface area contributed by atoms with Crippen LogP contribution in [-0.2, 0) is 11.2 Å². The summed E-state index contributed by atoms with van der Waals surface area (Å²) in [5.41, 5.74) is 6.43. The minimum Gasteiger partial charge on any atom is -0.426 e. The van der Waals surface area contributed by atoms with E-state index in [0.717, 1.165) is 10.5 Å². The topological polar surface area (TPSA) is 130 Å². The highest BCUT2D eigenvalue weighted by Crippen LogP contribution is 2.21. The van der Waals surface area contributed by atoms with E-state index in [4.69, 9.17) is 5.73 Å². The van der Waals surface area contributed by atoms with Gasteiger partial charge in [-0.15, -0.1) is 0 Å². The summed E-state index contributed by atoms with van der Waals surface area (Å²) in [6.07, 6.45) is 4.45. The van der Waals surface area contributed by atoms with Crippen LogP contribution in [0, 0.1) is 5.92 Å². The average molecular weight is 384 g/mol. The zero-order chi connectivity index (χ0) is 20.7. The molecule has 2 atom stereocenters. The summed E-state index contributed by atoms with van der Waals surface area (Å²) < 4.78 is 0. The predicted octanol–water partition coefficient (Wildman–Crippen LogP) is 0.442. The Morgan fingerprint density at radius 3 is 2.36 bits per heavy atom. The number of nitrogens with zero attached hydrogens (tertiary/aromatic N) is 3. The summed E-state index contributed by atoms with van der Waals surface area (Å²) in [6.45, 7) is 3.77. The van der Waals surface area contributed by atoms with Crippen molar-refractivity contribution in [3.8, 4) is 0 Å². The van der Waals surface area contributed by atoms with Crippen molar-refractivity contribution in [2.75, 3.05) is 0 Å². The van der Waals surface area contributed by atoms with Gasteiger partial charge in [-0.1, -0.05) is 44.2 Å². The molecule has 0 aliphatic rings. The molecule has 0 fully saturated rings. The molecular formula is C19H25BN4O4. The molecule has 9 heteroatoms. The molecule has 2 rings (SSSR count). The number of carbonyl (C=O) groups excluding carboxylic acids is 2. The summed E-state index contributed by atoms with van der Waals surface area (Å²) in [6, 6.07) is 8.01. The maximum Gasteiger partial charge on any atom is 0.475 e. The van der Waals surface area contributed by atoms with Crippen molar-refractivity contribution in [3.63, 3.8) is 0 Å². The number of hydrogen-bond donors (Lipinski definition) is 3.